The maximum atomic E-state index is 14.7. The summed E-state index contributed by atoms with van der Waals surface area (Å²) in [5.74, 6) is -0.445. The number of aromatic nitrogens is 5. The number of nitrogens with one attached hydrogen (secondary N) is 1. The first-order chi connectivity index (χ1) is 15.5. The molecule has 0 bridgehead atoms. The second-order valence-corrected chi connectivity index (χ2v) is 7.53. The number of benzene rings is 1. The second kappa shape index (κ2) is 9.35. The van der Waals surface area contributed by atoms with Crippen molar-refractivity contribution in [3.63, 3.8) is 0 Å². The number of ether oxygens (including phenoxy) is 1. The molecular weight excluding hydrogens is 414 g/mol. The van der Waals surface area contributed by atoms with Crippen LogP contribution in [0.3, 0.4) is 0 Å². The summed E-state index contributed by atoms with van der Waals surface area (Å²) < 4.78 is 35.7. The van der Waals surface area contributed by atoms with Crippen LogP contribution in [0, 0.1) is 18.6 Å². The molecule has 0 radical (unpaired) electrons. The van der Waals surface area contributed by atoms with E-state index in [1.165, 1.54) is 6.07 Å². The van der Waals surface area contributed by atoms with Crippen molar-refractivity contribution in [2.45, 2.75) is 32.9 Å². The van der Waals surface area contributed by atoms with Gasteiger partial charge in [-0.05, 0) is 38.5 Å². The first-order valence-electron chi connectivity index (χ1n) is 10.3. The van der Waals surface area contributed by atoms with Crippen LogP contribution in [-0.4, -0.2) is 44.5 Å². The van der Waals surface area contributed by atoms with E-state index in [1.54, 1.807) is 49.2 Å². The molecular formula is C23H24F2N6O. The zero-order valence-corrected chi connectivity index (χ0v) is 18.1. The van der Waals surface area contributed by atoms with E-state index in [1.807, 2.05) is 13.0 Å². The van der Waals surface area contributed by atoms with Gasteiger partial charge in [-0.25, -0.2) is 28.4 Å². The van der Waals surface area contributed by atoms with E-state index in [0.717, 1.165) is 0 Å². The Bertz CT molecular complexity index is 1240. The molecule has 0 aliphatic rings. The van der Waals surface area contributed by atoms with Gasteiger partial charge in [-0.3, -0.25) is 0 Å². The number of methoxy groups -OCH3 is 1. The molecule has 166 valence electrons. The molecule has 0 aliphatic carbocycles. The van der Waals surface area contributed by atoms with Crippen LogP contribution in [0.4, 0.5) is 14.6 Å². The van der Waals surface area contributed by atoms with Crippen LogP contribution in [0.15, 0.2) is 42.6 Å². The molecule has 1 N–H and O–H groups in total. The third-order valence-electron chi connectivity index (χ3n) is 5.26. The fraction of sp³-hybridized carbons (Fsp3) is 0.304. The Balaban J connectivity index is 1.73. The minimum absolute atomic E-state index is 0.0389. The predicted octanol–water partition coefficient (Wildman–Crippen LogP) is 4.36. The Morgan fingerprint density at radius 2 is 1.94 bits per heavy atom. The number of rotatable bonds is 8. The van der Waals surface area contributed by atoms with Gasteiger partial charge >= 0.3 is 0 Å². The van der Waals surface area contributed by atoms with E-state index >= 15 is 0 Å². The van der Waals surface area contributed by atoms with Crippen LogP contribution in [0.1, 0.15) is 24.6 Å². The average molecular weight is 438 g/mol. The van der Waals surface area contributed by atoms with Crippen LogP contribution >= 0.6 is 0 Å². The fourth-order valence-electron chi connectivity index (χ4n) is 3.37. The van der Waals surface area contributed by atoms with Gasteiger partial charge in [0.15, 0.2) is 23.1 Å². The maximum Gasteiger partial charge on any atom is 0.186 e. The highest BCUT2D eigenvalue weighted by Crippen LogP contribution is 2.27. The zero-order chi connectivity index (χ0) is 22.7. The lowest BCUT2D eigenvalue weighted by atomic mass is 10.2. The largest absolute Gasteiger partial charge is 0.382 e. The fourth-order valence-corrected chi connectivity index (χ4v) is 3.37. The number of aryl methyl sites for hydroxylation is 1. The Labute approximate surface area is 184 Å². The highest BCUT2D eigenvalue weighted by molar-refractivity contribution is 5.89. The number of hydrogen-bond acceptors (Lipinski definition) is 6. The molecule has 4 rings (SSSR count). The molecule has 1 atom stereocenters. The third-order valence-corrected chi connectivity index (χ3v) is 5.26. The smallest absolute Gasteiger partial charge is 0.186 e. The molecule has 0 spiro atoms. The molecule has 32 heavy (non-hydrogen) atoms. The first-order valence-corrected chi connectivity index (χ1v) is 10.3. The Kier molecular flexibility index (Phi) is 6.36. The molecule has 3 aromatic heterocycles. The summed E-state index contributed by atoms with van der Waals surface area (Å²) in [5, 5.41) is 8.35. The van der Waals surface area contributed by atoms with Gasteiger partial charge in [-0.1, -0.05) is 18.2 Å². The highest BCUT2D eigenvalue weighted by atomic mass is 19.1. The van der Waals surface area contributed by atoms with Crippen molar-refractivity contribution in [1.82, 2.24) is 24.7 Å². The topological polar surface area (TPSA) is 77.8 Å². The molecule has 0 amide bonds. The number of pyridine rings is 1. The average Bonchev–Trinajstić information content (AvgIpc) is 3.16. The van der Waals surface area contributed by atoms with Gasteiger partial charge in [-0.15, -0.1) is 0 Å². The summed E-state index contributed by atoms with van der Waals surface area (Å²) in [6, 6.07) is 10.1. The summed E-state index contributed by atoms with van der Waals surface area (Å²) >= 11 is 0. The molecule has 0 saturated heterocycles. The molecule has 0 fully saturated rings. The van der Waals surface area contributed by atoms with Crippen LogP contribution in [0.5, 0.6) is 0 Å². The zero-order valence-electron chi connectivity index (χ0n) is 18.1. The van der Waals surface area contributed by atoms with Crippen molar-refractivity contribution in [3.05, 3.63) is 65.5 Å². The third kappa shape index (κ3) is 4.43. The predicted molar refractivity (Wildman–Crippen MR) is 118 cm³/mol. The molecule has 0 saturated carbocycles. The minimum Gasteiger partial charge on any atom is -0.382 e. The number of halogens is 2. The van der Waals surface area contributed by atoms with E-state index < -0.39 is 5.82 Å². The SMILES string of the molecule is COC(C)CCNc1nc(-c2nn(Cc3ccccc3F)c3ncccc23)nc(C)c1F. The van der Waals surface area contributed by atoms with E-state index in [2.05, 4.69) is 25.4 Å². The molecule has 3 heterocycles. The summed E-state index contributed by atoms with van der Waals surface area (Å²) in [6.07, 6.45) is 2.38. The van der Waals surface area contributed by atoms with E-state index in [-0.39, 0.29) is 35.8 Å². The quantitative estimate of drug-likeness (QED) is 0.440. The number of hydrogen-bond donors (Lipinski definition) is 1. The molecule has 4 aromatic rings. The van der Waals surface area contributed by atoms with Crippen molar-refractivity contribution in [2.24, 2.45) is 0 Å². The van der Waals surface area contributed by atoms with Gasteiger partial charge in [0, 0.05) is 25.4 Å². The standard InChI is InChI=1S/C23H24F2N6O/c1-14(32-3)10-12-26-21-19(25)15(2)28-22(29-21)20-17-8-6-11-27-23(17)31(30-20)13-16-7-4-5-9-18(16)24/h4-9,11,14H,10,12-13H2,1-3H3,(H,26,28,29). The van der Waals surface area contributed by atoms with Gasteiger partial charge in [0.2, 0.25) is 0 Å². The molecule has 7 nitrogen and oxygen atoms in total. The van der Waals surface area contributed by atoms with Gasteiger partial charge < -0.3 is 10.1 Å². The Morgan fingerprint density at radius 1 is 1.12 bits per heavy atom. The van der Waals surface area contributed by atoms with E-state index in [4.69, 9.17) is 4.74 Å². The van der Waals surface area contributed by atoms with Gasteiger partial charge in [0.1, 0.15) is 11.5 Å². The Hall–Kier alpha value is -3.46. The van der Waals surface area contributed by atoms with Crippen LogP contribution < -0.4 is 5.32 Å². The van der Waals surface area contributed by atoms with Crippen molar-refractivity contribution in [2.75, 3.05) is 19.0 Å². The van der Waals surface area contributed by atoms with Crippen molar-refractivity contribution in [1.29, 1.82) is 0 Å². The summed E-state index contributed by atoms with van der Waals surface area (Å²) in [7, 11) is 1.63. The van der Waals surface area contributed by atoms with Crippen LogP contribution in [0.2, 0.25) is 0 Å². The van der Waals surface area contributed by atoms with Gasteiger partial charge in [0.05, 0.1) is 23.7 Å². The number of nitrogens with zero attached hydrogens (tertiary/aromatic N) is 5. The number of fused-ring (bicyclic) bond motifs is 1. The summed E-state index contributed by atoms with van der Waals surface area (Å²) in [5.41, 5.74) is 1.72. The van der Waals surface area contributed by atoms with E-state index in [0.29, 0.717) is 35.3 Å². The first kappa shape index (κ1) is 21.8. The van der Waals surface area contributed by atoms with Gasteiger partial charge in [0.25, 0.3) is 0 Å². The van der Waals surface area contributed by atoms with Crippen molar-refractivity contribution in [3.8, 4) is 11.5 Å². The monoisotopic (exact) mass is 438 g/mol. The maximum absolute atomic E-state index is 14.7. The molecule has 0 aliphatic heterocycles. The lowest BCUT2D eigenvalue weighted by Gasteiger charge is -2.12. The molecule has 9 heteroatoms. The highest BCUT2D eigenvalue weighted by Gasteiger charge is 2.20. The van der Waals surface area contributed by atoms with Crippen molar-refractivity contribution >= 4 is 16.9 Å². The van der Waals surface area contributed by atoms with Crippen molar-refractivity contribution < 1.29 is 13.5 Å². The Morgan fingerprint density at radius 3 is 2.72 bits per heavy atom. The van der Waals surface area contributed by atoms with Crippen LogP contribution in [-0.2, 0) is 11.3 Å². The molecule has 1 aromatic carbocycles. The number of anilines is 1. The van der Waals surface area contributed by atoms with Crippen LogP contribution in [0.25, 0.3) is 22.6 Å². The summed E-state index contributed by atoms with van der Waals surface area (Å²) in [6.45, 7) is 4.21. The summed E-state index contributed by atoms with van der Waals surface area (Å²) in [4.78, 5) is 13.1. The molecule has 1 unspecified atom stereocenters. The van der Waals surface area contributed by atoms with Gasteiger partial charge in [-0.2, -0.15) is 5.10 Å². The normalized spacial score (nSPS) is 12.3. The minimum atomic E-state index is -0.507. The second-order valence-electron chi connectivity index (χ2n) is 7.53. The van der Waals surface area contributed by atoms with E-state index in [9.17, 15) is 8.78 Å². The lowest BCUT2D eigenvalue weighted by molar-refractivity contribution is 0.114. The lowest BCUT2D eigenvalue weighted by Crippen LogP contribution is -2.14.